The molecular formula is C12H12ClN5O3. The summed E-state index contributed by atoms with van der Waals surface area (Å²) in [6.07, 6.45) is 5.22. The van der Waals surface area contributed by atoms with Crippen molar-refractivity contribution < 1.29 is 9.72 Å². The molecule has 110 valence electrons. The van der Waals surface area contributed by atoms with E-state index < -0.39 is 16.5 Å². The Labute approximate surface area is 124 Å². The van der Waals surface area contributed by atoms with Crippen LogP contribution in [0.1, 0.15) is 16.2 Å². The maximum absolute atomic E-state index is 12.0. The van der Waals surface area contributed by atoms with Gasteiger partial charge in [0.15, 0.2) is 0 Å². The molecule has 2 rings (SSSR count). The van der Waals surface area contributed by atoms with Crippen LogP contribution >= 0.6 is 11.6 Å². The first-order valence-electron chi connectivity index (χ1n) is 6.04. The van der Waals surface area contributed by atoms with Gasteiger partial charge in [-0.05, 0) is 6.07 Å². The Hall–Kier alpha value is -2.48. The maximum atomic E-state index is 12.0. The van der Waals surface area contributed by atoms with Gasteiger partial charge in [0.05, 0.1) is 4.92 Å². The molecule has 2 heterocycles. The number of hydrogen-bond donors (Lipinski definition) is 1. The van der Waals surface area contributed by atoms with Crippen LogP contribution in [-0.4, -0.2) is 31.9 Å². The quantitative estimate of drug-likeness (QED) is 0.510. The fourth-order valence-electron chi connectivity index (χ4n) is 1.81. The zero-order valence-corrected chi connectivity index (χ0v) is 11.9. The molecule has 0 atom stereocenters. The van der Waals surface area contributed by atoms with Gasteiger partial charge >= 0.3 is 5.69 Å². The number of nitrogens with zero attached hydrogens (tertiary/aromatic N) is 4. The summed E-state index contributed by atoms with van der Waals surface area (Å²) in [4.78, 5) is 30.0. The number of hydrogen-bond acceptors (Lipinski definition) is 5. The number of carbonyl (C=O) groups excluding carboxylic acids is 1. The highest BCUT2D eigenvalue weighted by Crippen LogP contribution is 2.25. The number of nitrogens with one attached hydrogen (secondary N) is 1. The number of halogens is 1. The Morgan fingerprint density at radius 3 is 2.86 bits per heavy atom. The Bertz CT molecular complexity index is 685. The van der Waals surface area contributed by atoms with Gasteiger partial charge in [-0.3, -0.25) is 14.9 Å². The standard InChI is InChI=1S/C12H12ClN5O3/c1-17-7-6-14-9(17)3-5-16-12(19)8-2-4-15-11(13)10(8)18(20)21/h2,4,6-7H,3,5H2,1H3,(H,16,19). The average Bonchev–Trinajstić information content (AvgIpc) is 2.83. The van der Waals surface area contributed by atoms with Crippen LogP contribution in [0.5, 0.6) is 0 Å². The van der Waals surface area contributed by atoms with Crippen molar-refractivity contribution in [2.24, 2.45) is 7.05 Å². The fourth-order valence-corrected chi connectivity index (χ4v) is 2.03. The summed E-state index contributed by atoms with van der Waals surface area (Å²) in [6, 6.07) is 1.26. The average molecular weight is 310 g/mol. The van der Waals surface area contributed by atoms with Crippen LogP contribution in [0, 0.1) is 10.1 Å². The van der Waals surface area contributed by atoms with Crippen molar-refractivity contribution in [2.75, 3.05) is 6.54 Å². The van der Waals surface area contributed by atoms with Gasteiger partial charge in [-0.2, -0.15) is 0 Å². The fraction of sp³-hybridized carbons (Fsp3) is 0.250. The van der Waals surface area contributed by atoms with Crippen molar-refractivity contribution in [1.82, 2.24) is 19.9 Å². The number of rotatable bonds is 5. The molecule has 0 aliphatic carbocycles. The van der Waals surface area contributed by atoms with Gasteiger partial charge in [-0.15, -0.1) is 0 Å². The van der Waals surface area contributed by atoms with Crippen molar-refractivity contribution >= 4 is 23.2 Å². The van der Waals surface area contributed by atoms with Gasteiger partial charge < -0.3 is 9.88 Å². The van der Waals surface area contributed by atoms with E-state index in [1.165, 1.54) is 12.3 Å². The van der Waals surface area contributed by atoms with Crippen LogP contribution in [0.2, 0.25) is 5.15 Å². The van der Waals surface area contributed by atoms with Crippen LogP contribution in [0.15, 0.2) is 24.7 Å². The maximum Gasteiger partial charge on any atom is 0.319 e. The highest BCUT2D eigenvalue weighted by Gasteiger charge is 2.24. The van der Waals surface area contributed by atoms with Crippen molar-refractivity contribution in [3.8, 4) is 0 Å². The first-order valence-corrected chi connectivity index (χ1v) is 6.41. The summed E-state index contributed by atoms with van der Waals surface area (Å²) in [5, 5.41) is 13.2. The minimum Gasteiger partial charge on any atom is -0.351 e. The van der Waals surface area contributed by atoms with Crippen LogP contribution in [0.4, 0.5) is 5.69 Å². The Balaban J connectivity index is 2.06. The summed E-state index contributed by atoms with van der Waals surface area (Å²) >= 11 is 5.66. The number of nitro groups is 1. The lowest BCUT2D eigenvalue weighted by Gasteiger charge is -2.06. The van der Waals surface area contributed by atoms with Gasteiger partial charge in [-0.25, -0.2) is 9.97 Å². The molecule has 0 aliphatic rings. The first-order chi connectivity index (χ1) is 10.0. The minimum absolute atomic E-state index is 0.111. The van der Waals surface area contributed by atoms with Crippen LogP contribution in [0.3, 0.4) is 0 Å². The molecule has 2 aromatic heterocycles. The van der Waals surface area contributed by atoms with Crippen LogP contribution in [-0.2, 0) is 13.5 Å². The number of amides is 1. The largest absolute Gasteiger partial charge is 0.351 e. The van der Waals surface area contributed by atoms with Crippen molar-refractivity contribution in [2.45, 2.75) is 6.42 Å². The minimum atomic E-state index is -0.719. The predicted octanol–water partition coefficient (Wildman–Crippen LogP) is 1.35. The van der Waals surface area contributed by atoms with Gasteiger partial charge in [0, 0.05) is 38.6 Å². The highest BCUT2D eigenvalue weighted by molar-refractivity contribution is 6.32. The normalized spacial score (nSPS) is 10.4. The SMILES string of the molecule is Cn1ccnc1CCNC(=O)c1ccnc(Cl)c1[N+](=O)[O-]. The highest BCUT2D eigenvalue weighted by atomic mass is 35.5. The predicted molar refractivity (Wildman–Crippen MR) is 75.1 cm³/mol. The third kappa shape index (κ3) is 3.34. The molecule has 0 fully saturated rings. The smallest absolute Gasteiger partial charge is 0.319 e. The van der Waals surface area contributed by atoms with Gasteiger partial charge in [0.1, 0.15) is 11.4 Å². The van der Waals surface area contributed by atoms with E-state index in [0.29, 0.717) is 13.0 Å². The third-order valence-electron chi connectivity index (χ3n) is 2.86. The van der Waals surface area contributed by atoms with E-state index in [2.05, 4.69) is 15.3 Å². The second kappa shape index (κ2) is 6.31. The molecule has 0 spiro atoms. The van der Waals surface area contributed by atoms with E-state index in [4.69, 9.17) is 11.6 Å². The molecule has 1 amide bonds. The molecule has 0 aromatic carbocycles. The number of imidazole rings is 1. The van der Waals surface area contributed by atoms with E-state index in [-0.39, 0.29) is 10.7 Å². The van der Waals surface area contributed by atoms with Crippen molar-refractivity contribution in [3.63, 3.8) is 0 Å². The van der Waals surface area contributed by atoms with E-state index in [1.54, 1.807) is 12.4 Å². The van der Waals surface area contributed by atoms with E-state index in [9.17, 15) is 14.9 Å². The molecule has 0 saturated carbocycles. The molecule has 1 N–H and O–H groups in total. The molecule has 2 aromatic rings. The van der Waals surface area contributed by atoms with Gasteiger partial charge in [0.25, 0.3) is 5.91 Å². The number of carbonyl (C=O) groups is 1. The van der Waals surface area contributed by atoms with Crippen molar-refractivity contribution in [1.29, 1.82) is 0 Å². The third-order valence-corrected chi connectivity index (χ3v) is 3.14. The molecule has 0 radical (unpaired) electrons. The molecule has 0 unspecified atom stereocenters. The molecule has 0 saturated heterocycles. The Morgan fingerprint density at radius 1 is 1.48 bits per heavy atom. The Morgan fingerprint density at radius 2 is 2.24 bits per heavy atom. The summed E-state index contributed by atoms with van der Waals surface area (Å²) in [6.45, 7) is 0.306. The number of pyridine rings is 1. The zero-order valence-electron chi connectivity index (χ0n) is 11.1. The second-order valence-electron chi connectivity index (χ2n) is 4.22. The summed E-state index contributed by atoms with van der Waals surface area (Å²) in [5.41, 5.74) is -0.603. The lowest BCUT2D eigenvalue weighted by Crippen LogP contribution is -2.27. The molecule has 0 bridgehead atoms. The number of aryl methyl sites for hydroxylation is 1. The summed E-state index contributed by atoms with van der Waals surface area (Å²) < 4.78 is 1.83. The van der Waals surface area contributed by atoms with Crippen molar-refractivity contribution in [3.05, 3.63) is 51.3 Å². The van der Waals surface area contributed by atoms with E-state index in [0.717, 1.165) is 5.82 Å². The van der Waals surface area contributed by atoms with Crippen LogP contribution in [0.25, 0.3) is 0 Å². The first kappa shape index (κ1) is 14.9. The molecule has 8 nitrogen and oxygen atoms in total. The lowest BCUT2D eigenvalue weighted by molar-refractivity contribution is -0.385. The summed E-state index contributed by atoms with van der Waals surface area (Å²) in [5.74, 6) is 0.234. The zero-order chi connectivity index (χ0) is 15.4. The van der Waals surface area contributed by atoms with Gasteiger partial charge in [0.2, 0.25) is 5.15 Å². The van der Waals surface area contributed by atoms with Crippen LogP contribution < -0.4 is 5.32 Å². The molecule has 9 heteroatoms. The van der Waals surface area contributed by atoms with E-state index in [1.807, 2.05) is 11.6 Å². The monoisotopic (exact) mass is 309 g/mol. The lowest BCUT2D eigenvalue weighted by atomic mass is 10.2. The van der Waals surface area contributed by atoms with E-state index >= 15 is 0 Å². The Kier molecular flexibility index (Phi) is 4.49. The second-order valence-corrected chi connectivity index (χ2v) is 4.57. The topological polar surface area (TPSA) is 103 Å². The molecule has 21 heavy (non-hydrogen) atoms. The van der Waals surface area contributed by atoms with Gasteiger partial charge in [-0.1, -0.05) is 11.6 Å². The molecular weight excluding hydrogens is 298 g/mol. The molecule has 0 aliphatic heterocycles. The number of aromatic nitrogens is 3. The summed E-state index contributed by atoms with van der Waals surface area (Å²) in [7, 11) is 1.84.